The maximum atomic E-state index is 12.8. The molecular formula is C21H27N5O5. The average Bonchev–Trinajstić information content (AvgIpc) is 3.03. The Bertz CT molecular complexity index is 923. The van der Waals surface area contributed by atoms with Gasteiger partial charge in [0.1, 0.15) is 5.82 Å². The maximum absolute atomic E-state index is 12.8. The van der Waals surface area contributed by atoms with Crippen molar-refractivity contribution in [1.29, 1.82) is 0 Å². The molecule has 1 aromatic heterocycles. The van der Waals surface area contributed by atoms with Crippen molar-refractivity contribution in [2.24, 2.45) is 7.05 Å². The van der Waals surface area contributed by atoms with Crippen molar-refractivity contribution < 1.29 is 23.9 Å². The number of ether oxygens (including phenoxy) is 2. The van der Waals surface area contributed by atoms with Crippen LogP contribution in [0.5, 0.6) is 0 Å². The fourth-order valence-electron chi connectivity index (χ4n) is 3.45. The van der Waals surface area contributed by atoms with E-state index in [4.69, 9.17) is 9.47 Å². The molecule has 1 saturated heterocycles. The van der Waals surface area contributed by atoms with E-state index in [0.717, 1.165) is 31.9 Å². The molecule has 31 heavy (non-hydrogen) atoms. The van der Waals surface area contributed by atoms with Gasteiger partial charge in [-0.2, -0.15) is 0 Å². The first-order valence-corrected chi connectivity index (χ1v) is 9.97. The Hall–Kier alpha value is -3.40. The van der Waals surface area contributed by atoms with Gasteiger partial charge in [-0.25, -0.2) is 19.4 Å². The molecule has 0 unspecified atom stereocenters. The van der Waals surface area contributed by atoms with Crippen LogP contribution in [-0.4, -0.2) is 77.7 Å². The number of hydrogen-bond donors (Lipinski definition) is 1. The molecule has 3 rings (SSSR count). The number of imidazole rings is 1. The van der Waals surface area contributed by atoms with Gasteiger partial charge < -0.3 is 24.3 Å². The minimum Gasteiger partial charge on any atom is -0.465 e. The number of aryl methyl sites for hydroxylation is 1. The molecule has 1 N–H and O–H groups in total. The molecule has 1 aliphatic rings. The minimum atomic E-state index is -0.610. The van der Waals surface area contributed by atoms with Crippen molar-refractivity contribution in [3.63, 3.8) is 0 Å². The summed E-state index contributed by atoms with van der Waals surface area (Å²) in [6.45, 7) is 3.46. The van der Waals surface area contributed by atoms with Crippen LogP contribution in [0.25, 0.3) is 0 Å². The fraction of sp³-hybridized carbons (Fsp3) is 0.429. The van der Waals surface area contributed by atoms with E-state index in [2.05, 4.69) is 15.2 Å². The van der Waals surface area contributed by atoms with Crippen molar-refractivity contribution in [3.05, 3.63) is 47.5 Å². The molecule has 1 fully saturated rings. The van der Waals surface area contributed by atoms with Gasteiger partial charge in [-0.05, 0) is 24.6 Å². The normalized spacial score (nSPS) is 14.6. The molecule has 10 nitrogen and oxygen atoms in total. The van der Waals surface area contributed by atoms with Crippen LogP contribution < -0.4 is 5.32 Å². The number of urea groups is 1. The zero-order valence-electron chi connectivity index (χ0n) is 18.0. The van der Waals surface area contributed by atoms with E-state index >= 15 is 0 Å². The molecular weight excluding hydrogens is 402 g/mol. The topological polar surface area (TPSA) is 106 Å². The molecule has 0 atom stereocenters. The van der Waals surface area contributed by atoms with E-state index in [-0.39, 0.29) is 17.2 Å². The van der Waals surface area contributed by atoms with Crippen LogP contribution in [0.2, 0.25) is 0 Å². The molecule has 1 aliphatic heterocycles. The molecule has 0 saturated carbocycles. The highest BCUT2D eigenvalue weighted by molar-refractivity contribution is 5.99. The van der Waals surface area contributed by atoms with Crippen LogP contribution in [0.4, 0.5) is 10.5 Å². The summed E-state index contributed by atoms with van der Waals surface area (Å²) < 4.78 is 11.5. The van der Waals surface area contributed by atoms with Crippen molar-refractivity contribution in [2.75, 3.05) is 45.7 Å². The van der Waals surface area contributed by atoms with Crippen molar-refractivity contribution >= 4 is 23.7 Å². The van der Waals surface area contributed by atoms with Gasteiger partial charge in [0.15, 0.2) is 0 Å². The first-order chi connectivity index (χ1) is 14.9. The summed E-state index contributed by atoms with van der Waals surface area (Å²) in [7, 11) is 4.46. The number of carbonyl (C=O) groups is 3. The van der Waals surface area contributed by atoms with Gasteiger partial charge in [0.05, 0.1) is 31.9 Å². The molecule has 10 heteroatoms. The molecule has 0 aliphatic carbocycles. The average molecular weight is 429 g/mol. The first-order valence-electron chi connectivity index (χ1n) is 9.97. The minimum absolute atomic E-state index is 0.151. The van der Waals surface area contributed by atoms with Crippen LogP contribution in [0.1, 0.15) is 33.0 Å². The Morgan fingerprint density at radius 3 is 2.26 bits per heavy atom. The number of hydrogen-bond acceptors (Lipinski definition) is 7. The predicted octanol–water partition coefficient (Wildman–Crippen LogP) is 1.73. The SMILES string of the molecule is COC(=O)c1cc(NC(=O)N2CCCN(Cc3nccn3C)CC2)cc(C(=O)OC)c1. The van der Waals surface area contributed by atoms with E-state index in [1.54, 1.807) is 11.1 Å². The van der Waals surface area contributed by atoms with E-state index < -0.39 is 11.9 Å². The van der Waals surface area contributed by atoms with Crippen molar-refractivity contribution in [3.8, 4) is 0 Å². The number of rotatable bonds is 5. The van der Waals surface area contributed by atoms with Crippen LogP contribution in [0.15, 0.2) is 30.6 Å². The summed E-state index contributed by atoms with van der Waals surface area (Å²) >= 11 is 0. The van der Waals surface area contributed by atoms with Crippen LogP contribution in [-0.2, 0) is 23.1 Å². The molecule has 2 aromatic rings. The summed E-state index contributed by atoms with van der Waals surface area (Å²) in [6.07, 6.45) is 4.52. The number of nitrogens with zero attached hydrogens (tertiary/aromatic N) is 4. The van der Waals surface area contributed by atoms with Gasteiger partial charge in [-0.3, -0.25) is 4.90 Å². The smallest absolute Gasteiger partial charge is 0.337 e. The lowest BCUT2D eigenvalue weighted by atomic mass is 10.1. The van der Waals surface area contributed by atoms with Gasteiger partial charge in [0.2, 0.25) is 0 Å². The predicted molar refractivity (Wildman–Crippen MR) is 113 cm³/mol. The van der Waals surface area contributed by atoms with Crippen LogP contribution in [0.3, 0.4) is 0 Å². The molecule has 2 amide bonds. The Labute approximate surface area is 180 Å². The zero-order chi connectivity index (χ0) is 22.4. The lowest BCUT2D eigenvalue weighted by Crippen LogP contribution is -2.38. The number of amides is 2. The van der Waals surface area contributed by atoms with Gasteiger partial charge in [-0.1, -0.05) is 0 Å². The van der Waals surface area contributed by atoms with Gasteiger partial charge >= 0.3 is 18.0 Å². The number of benzene rings is 1. The van der Waals surface area contributed by atoms with E-state index in [1.807, 2.05) is 17.8 Å². The lowest BCUT2D eigenvalue weighted by molar-refractivity contribution is 0.0599. The van der Waals surface area contributed by atoms with Crippen molar-refractivity contribution in [1.82, 2.24) is 19.4 Å². The second kappa shape index (κ2) is 10.1. The summed E-state index contributed by atoms with van der Waals surface area (Å²) in [5.74, 6) is -0.241. The second-order valence-corrected chi connectivity index (χ2v) is 7.28. The number of nitrogens with one attached hydrogen (secondary N) is 1. The van der Waals surface area contributed by atoms with Crippen LogP contribution in [0, 0.1) is 0 Å². The molecule has 0 bridgehead atoms. The molecule has 0 spiro atoms. The summed E-state index contributed by atoms with van der Waals surface area (Å²) in [5.41, 5.74) is 0.623. The van der Waals surface area contributed by atoms with Gasteiger partial charge in [0.25, 0.3) is 0 Å². The van der Waals surface area contributed by atoms with Gasteiger partial charge in [-0.15, -0.1) is 0 Å². The highest BCUT2D eigenvalue weighted by Gasteiger charge is 2.21. The number of anilines is 1. The third kappa shape index (κ3) is 5.60. The second-order valence-electron chi connectivity index (χ2n) is 7.28. The largest absolute Gasteiger partial charge is 0.465 e. The summed E-state index contributed by atoms with van der Waals surface area (Å²) in [6, 6.07) is 4.02. The zero-order valence-corrected chi connectivity index (χ0v) is 18.0. The monoisotopic (exact) mass is 429 g/mol. The van der Waals surface area contributed by atoms with E-state index in [1.165, 1.54) is 32.4 Å². The summed E-state index contributed by atoms with van der Waals surface area (Å²) in [4.78, 5) is 45.1. The molecule has 166 valence electrons. The fourth-order valence-corrected chi connectivity index (χ4v) is 3.45. The first kappa shape index (κ1) is 22.3. The Morgan fingerprint density at radius 2 is 1.68 bits per heavy atom. The Kier molecular flexibility index (Phi) is 7.24. The molecule has 0 radical (unpaired) electrons. The van der Waals surface area contributed by atoms with E-state index in [0.29, 0.717) is 18.8 Å². The Morgan fingerprint density at radius 1 is 1.00 bits per heavy atom. The highest BCUT2D eigenvalue weighted by atomic mass is 16.5. The molecule has 2 heterocycles. The Balaban J connectivity index is 1.67. The van der Waals surface area contributed by atoms with Crippen LogP contribution >= 0.6 is 0 Å². The highest BCUT2D eigenvalue weighted by Crippen LogP contribution is 2.18. The standard InChI is InChI=1S/C21H27N5O5/c1-24-8-5-22-18(24)14-25-6-4-7-26(10-9-25)21(29)23-17-12-15(19(27)30-2)11-16(13-17)20(28)31-3/h5,8,11-13H,4,6-7,9-10,14H2,1-3H3,(H,23,29). The number of methoxy groups -OCH3 is 2. The van der Waals surface area contributed by atoms with Gasteiger partial charge in [0, 0.05) is 51.3 Å². The number of carbonyl (C=O) groups excluding carboxylic acids is 3. The molecule has 1 aromatic carbocycles. The maximum Gasteiger partial charge on any atom is 0.337 e. The van der Waals surface area contributed by atoms with Crippen molar-refractivity contribution in [2.45, 2.75) is 13.0 Å². The number of aromatic nitrogens is 2. The summed E-state index contributed by atoms with van der Waals surface area (Å²) in [5, 5.41) is 2.78. The third-order valence-electron chi connectivity index (χ3n) is 5.19. The third-order valence-corrected chi connectivity index (χ3v) is 5.19. The lowest BCUT2D eigenvalue weighted by Gasteiger charge is -2.22. The van der Waals surface area contributed by atoms with E-state index in [9.17, 15) is 14.4 Å². The quantitative estimate of drug-likeness (QED) is 0.722. The number of esters is 2.